The Labute approximate surface area is 166 Å². The fourth-order valence-corrected chi connectivity index (χ4v) is 4.86. The molecule has 0 saturated carbocycles. The van der Waals surface area contributed by atoms with Crippen molar-refractivity contribution in [3.8, 4) is 5.75 Å². The molecular formula is C21H26N2O4S. The molecule has 1 atom stereocenters. The summed E-state index contributed by atoms with van der Waals surface area (Å²) in [4.78, 5) is 14.9. The number of ether oxygens (including phenoxy) is 1. The summed E-state index contributed by atoms with van der Waals surface area (Å²) in [6.45, 7) is 3.23. The predicted molar refractivity (Wildman–Crippen MR) is 109 cm³/mol. The lowest BCUT2D eigenvalue weighted by molar-refractivity contribution is -0.131. The molecule has 1 saturated heterocycles. The first kappa shape index (κ1) is 20.2. The van der Waals surface area contributed by atoms with Crippen LogP contribution in [0, 0.1) is 5.92 Å². The fraction of sp³-hybridized carbons (Fsp3) is 0.381. The first-order chi connectivity index (χ1) is 13.4. The Kier molecular flexibility index (Phi) is 6.24. The SMILES string of the molecule is COc1ccc(N(CC(=O)N2CCCC(C)C2)S(=O)(=O)c2ccccc2)cc1. The van der Waals surface area contributed by atoms with Gasteiger partial charge in [-0.15, -0.1) is 0 Å². The molecule has 2 aromatic carbocycles. The molecule has 1 heterocycles. The van der Waals surface area contributed by atoms with Crippen LogP contribution < -0.4 is 9.04 Å². The highest BCUT2D eigenvalue weighted by atomic mass is 32.2. The van der Waals surface area contributed by atoms with Gasteiger partial charge in [-0.3, -0.25) is 9.10 Å². The van der Waals surface area contributed by atoms with E-state index in [1.165, 1.54) is 4.31 Å². The van der Waals surface area contributed by atoms with E-state index in [4.69, 9.17) is 4.74 Å². The van der Waals surface area contributed by atoms with Crippen molar-refractivity contribution in [2.45, 2.75) is 24.7 Å². The molecule has 0 aliphatic carbocycles. The van der Waals surface area contributed by atoms with Crippen LogP contribution >= 0.6 is 0 Å². The van der Waals surface area contributed by atoms with Gasteiger partial charge in [0.1, 0.15) is 12.3 Å². The lowest BCUT2D eigenvalue weighted by atomic mass is 10.0. The summed E-state index contributed by atoms with van der Waals surface area (Å²) in [6.07, 6.45) is 2.04. The number of sulfonamides is 1. The van der Waals surface area contributed by atoms with E-state index in [0.717, 1.165) is 12.8 Å². The molecular weight excluding hydrogens is 376 g/mol. The van der Waals surface area contributed by atoms with Gasteiger partial charge < -0.3 is 9.64 Å². The van der Waals surface area contributed by atoms with Crippen LogP contribution in [0.25, 0.3) is 0 Å². The van der Waals surface area contributed by atoms with E-state index < -0.39 is 10.0 Å². The molecule has 150 valence electrons. The number of methoxy groups -OCH3 is 1. The second-order valence-corrected chi connectivity index (χ2v) is 8.97. The van der Waals surface area contributed by atoms with Crippen molar-refractivity contribution in [2.75, 3.05) is 31.0 Å². The van der Waals surface area contributed by atoms with Crippen LogP contribution in [0.4, 0.5) is 5.69 Å². The van der Waals surface area contributed by atoms with Crippen LogP contribution in [0.2, 0.25) is 0 Å². The molecule has 28 heavy (non-hydrogen) atoms. The Morgan fingerprint density at radius 2 is 1.82 bits per heavy atom. The molecule has 0 radical (unpaired) electrons. The van der Waals surface area contributed by atoms with Gasteiger partial charge in [0.15, 0.2) is 0 Å². The molecule has 6 nitrogen and oxygen atoms in total. The number of likely N-dealkylation sites (tertiary alicyclic amines) is 1. The highest BCUT2D eigenvalue weighted by molar-refractivity contribution is 7.92. The summed E-state index contributed by atoms with van der Waals surface area (Å²) in [5.74, 6) is 0.872. The molecule has 1 unspecified atom stereocenters. The topological polar surface area (TPSA) is 66.9 Å². The number of amides is 1. The number of piperidine rings is 1. The van der Waals surface area contributed by atoms with E-state index in [2.05, 4.69) is 6.92 Å². The van der Waals surface area contributed by atoms with Gasteiger partial charge in [0.05, 0.1) is 17.7 Å². The van der Waals surface area contributed by atoms with E-state index in [9.17, 15) is 13.2 Å². The van der Waals surface area contributed by atoms with E-state index in [1.807, 2.05) is 0 Å². The van der Waals surface area contributed by atoms with Crippen molar-refractivity contribution < 1.29 is 17.9 Å². The number of benzene rings is 2. The summed E-state index contributed by atoms with van der Waals surface area (Å²) in [5.41, 5.74) is 0.433. The van der Waals surface area contributed by atoms with Crippen LogP contribution in [0.15, 0.2) is 59.5 Å². The zero-order chi connectivity index (χ0) is 20.1. The number of hydrogen-bond acceptors (Lipinski definition) is 4. The normalized spacial score (nSPS) is 17.2. The molecule has 2 aromatic rings. The summed E-state index contributed by atoms with van der Waals surface area (Å²) in [5, 5.41) is 0. The number of anilines is 1. The summed E-state index contributed by atoms with van der Waals surface area (Å²) in [7, 11) is -2.33. The van der Waals surface area contributed by atoms with E-state index in [1.54, 1.807) is 66.6 Å². The molecule has 3 rings (SSSR count). The minimum Gasteiger partial charge on any atom is -0.497 e. The maximum atomic E-state index is 13.3. The maximum Gasteiger partial charge on any atom is 0.264 e. The Morgan fingerprint density at radius 3 is 2.43 bits per heavy atom. The first-order valence-corrected chi connectivity index (χ1v) is 10.9. The molecule has 0 N–H and O–H groups in total. The molecule has 0 bridgehead atoms. The highest BCUT2D eigenvalue weighted by Gasteiger charge is 2.30. The van der Waals surface area contributed by atoms with E-state index >= 15 is 0 Å². The zero-order valence-electron chi connectivity index (χ0n) is 16.2. The van der Waals surface area contributed by atoms with Crippen molar-refractivity contribution >= 4 is 21.6 Å². The molecule has 1 fully saturated rings. The van der Waals surface area contributed by atoms with E-state index in [-0.39, 0.29) is 17.3 Å². The van der Waals surface area contributed by atoms with Gasteiger partial charge in [-0.2, -0.15) is 0 Å². The maximum absolute atomic E-state index is 13.3. The smallest absolute Gasteiger partial charge is 0.264 e. The van der Waals surface area contributed by atoms with Gasteiger partial charge in [-0.05, 0) is 55.2 Å². The highest BCUT2D eigenvalue weighted by Crippen LogP contribution is 2.26. The van der Waals surface area contributed by atoms with Gasteiger partial charge in [0.2, 0.25) is 5.91 Å². The van der Waals surface area contributed by atoms with Crippen LogP contribution in [-0.2, 0) is 14.8 Å². The number of nitrogens with zero attached hydrogens (tertiary/aromatic N) is 2. The molecule has 1 amide bonds. The third-order valence-electron chi connectivity index (χ3n) is 4.98. The molecule has 7 heteroatoms. The van der Waals surface area contributed by atoms with Gasteiger partial charge in [-0.25, -0.2) is 8.42 Å². The quantitative estimate of drug-likeness (QED) is 0.744. The number of rotatable bonds is 6. The van der Waals surface area contributed by atoms with Crippen molar-refractivity contribution in [3.63, 3.8) is 0 Å². The average molecular weight is 403 g/mol. The van der Waals surface area contributed by atoms with Crippen molar-refractivity contribution in [2.24, 2.45) is 5.92 Å². The standard InChI is InChI=1S/C21H26N2O4S/c1-17-7-6-14-22(15-17)21(24)16-23(18-10-12-19(27-2)13-11-18)28(25,26)20-8-4-3-5-9-20/h3-5,8-13,17H,6-7,14-16H2,1-2H3. The zero-order valence-corrected chi connectivity index (χ0v) is 17.1. The van der Waals surface area contributed by atoms with Crippen LogP contribution in [0.3, 0.4) is 0 Å². The van der Waals surface area contributed by atoms with Crippen LogP contribution in [0.1, 0.15) is 19.8 Å². The van der Waals surface area contributed by atoms with Gasteiger partial charge in [0.25, 0.3) is 10.0 Å². The molecule has 1 aliphatic heterocycles. The van der Waals surface area contributed by atoms with Crippen LogP contribution in [-0.4, -0.2) is 46.0 Å². The molecule has 0 aromatic heterocycles. The van der Waals surface area contributed by atoms with Crippen LogP contribution in [0.5, 0.6) is 5.75 Å². The minimum atomic E-state index is -3.88. The second kappa shape index (κ2) is 8.65. The Bertz CT molecular complexity index is 898. The Balaban J connectivity index is 1.93. The Morgan fingerprint density at radius 1 is 1.14 bits per heavy atom. The average Bonchev–Trinajstić information content (AvgIpc) is 2.72. The van der Waals surface area contributed by atoms with Gasteiger partial charge >= 0.3 is 0 Å². The first-order valence-electron chi connectivity index (χ1n) is 9.41. The van der Waals surface area contributed by atoms with E-state index in [0.29, 0.717) is 30.4 Å². The van der Waals surface area contributed by atoms with Crippen molar-refractivity contribution in [1.82, 2.24) is 4.90 Å². The number of hydrogen-bond donors (Lipinski definition) is 0. The Hall–Kier alpha value is -2.54. The van der Waals surface area contributed by atoms with Crippen molar-refractivity contribution in [1.29, 1.82) is 0 Å². The predicted octanol–water partition coefficient (Wildman–Crippen LogP) is 3.15. The van der Waals surface area contributed by atoms with Gasteiger partial charge in [-0.1, -0.05) is 25.1 Å². The summed E-state index contributed by atoms with van der Waals surface area (Å²) >= 11 is 0. The largest absolute Gasteiger partial charge is 0.497 e. The molecule has 0 spiro atoms. The lowest BCUT2D eigenvalue weighted by Crippen LogP contribution is -2.46. The summed E-state index contributed by atoms with van der Waals surface area (Å²) in [6, 6.07) is 14.9. The van der Waals surface area contributed by atoms with Crippen molar-refractivity contribution in [3.05, 3.63) is 54.6 Å². The van der Waals surface area contributed by atoms with Gasteiger partial charge in [0, 0.05) is 13.1 Å². The second-order valence-electron chi connectivity index (χ2n) is 7.11. The minimum absolute atomic E-state index is 0.158. The number of carbonyl (C=O) groups excluding carboxylic acids is 1. The third-order valence-corrected chi connectivity index (χ3v) is 6.77. The summed E-state index contributed by atoms with van der Waals surface area (Å²) < 4.78 is 32.9. The molecule has 1 aliphatic rings. The fourth-order valence-electron chi connectivity index (χ4n) is 3.42. The monoisotopic (exact) mass is 402 g/mol. The lowest BCUT2D eigenvalue weighted by Gasteiger charge is -2.33. The number of carbonyl (C=O) groups is 1. The third kappa shape index (κ3) is 4.47.